The average molecular weight is 385 g/mol. The molecule has 2 aromatic heterocycles. The minimum Gasteiger partial charge on any atom is -0.461 e. The van der Waals surface area contributed by atoms with Crippen molar-refractivity contribution in [3.63, 3.8) is 0 Å². The highest BCUT2D eigenvalue weighted by Crippen LogP contribution is 2.22. The Morgan fingerprint density at radius 1 is 0.893 bits per heavy atom. The molecule has 1 aromatic carbocycles. The topological polar surface area (TPSA) is 105 Å². The van der Waals surface area contributed by atoms with Crippen LogP contribution in [0.4, 0.5) is 0 Å². The molecular weight excluding hydrogens is 366 g/mol. The van der Waals surface area contributed by atoms with E-state index in [4.69, 9.17) is 13.9 Å². The molecule has 146 valence electrons. The lowest BCUT2D eigenvalue weighted by atomic mass is 10.1. The quantitative estimate of drug-likeness (QED) is 0.491. The highest BCUT2D eigenvalue weighted by molar-refractivity contribution is 5.98. The van der Waals surface area contributed by atoms with Crippen LogP contribution in [-0.2, 0) is 16.0 Å². The minimum atomic E-state index is -0.755. The van der Waals surface area contributed by atoms with Gasteiger partial charge in [-0.1, -0.05) is 0 Å². The highest BCUT2D eigenvalue weighted by Gasteiger charge is 2.19. The van der Waals surface area contributed by atoms with E-state index in [2.05, 4.69) is 0 Å². The Morgan fingerprint density at radius 2 is 1.54 bits per heavy atom. The standard InChI is InChI=1S/C20H19NO7/c1-4-21-13-9-17-12(16(23)10-18(28-17)20(25)27-6-3)7-11(13)15(22)8-14(21)19(24)26-5-2/h7-10H,4-6H2,1-3H3. The summed E-state index contributed by atoms with van der Waals surface area (Å²) in [6.07, 6.45) is 0. The van der Waals surface area contributed by atoms with Gasteiger partial charge in [-0.15, -0.1) is 0 Å². The smallest absolute Gasteiger partial charge is 0.374 e. The third-order valence-electron chi connectivity index (χ3n) is 4.24. The molecule has 0 saturated carbocycles. The van der Waals surface area contributed by atoms with Crippen LogP contribution in [0.25, 0.3) is 21.9 Å². The Balaban J connectivity index is 2.35. The molecule has 0 unspecified atom stereocenters. The maximum Gasteiger partial charge on any atom is 0.374 e. The van der Waals surface area contributed by atoms with Crippen molar-refractivity contribution in [1.82, 2.24) is 4.57 Å². The molecule has 0 fully saturated rings. The normalized spacial score (nSPS) is 11.0. The summed E-state index contributed by atoms with van der Waals surface area (Å²) in [6.45, 7) is 5.80. The molecule has 0 bridgehead atoms. The fourth-order valence-electron chi connectivity index (χ4n) is 3.04. The number of esters is 2. The molecular formula is C20H19NO7. The second-order valence-electron chi connectivity index (χ2n) is 5.92. The summed E-state index contributed by atoms with van der Waals surface area (Å²) in [5, 5.41) is 0.419. The van der Waals surface area contributed by atoms with Crippen molar-refractivity contribution >= 4 is 33.8 Å². The van der Waals surface area contributed by atoms with Gasteiger partial charge < -0.3 is 18.5 Å². The fourth-order valence-corrected chi connectivity index (χ4v) is 3.04. The second kappa shape index (κ2) is 7.67. The van der Waals surface area contributed by atoms with E-state index >= 15 is 0 Å². The second-order valence-corrected chi connectivity index (χ2v) is 5.92. The number of hydrogen-bond donors (Lipinski definition) is 0. The number of rotatable bonds is 5. The number of ether oxygens (including phenoxy) is 2. The van der Waals surface area contributed by atoms with Crippen LogP contribution in [0.3, 0.4) is 0 Å². The zero-order valence-corrected chi connectivity index (χ0v) is 15.7. The third kappa shape index (κ3) is 3.28. The van der Waals surface area contributed by atoms with E-state index in [0.717, 1.165) is 6.07 Å². The largest absolute Gasteiger partial charge is 0.461 e. The Kier molecular flexibility index (Phi) is 5.30. The fraction of sp³-hybridized carbons (Fsp3) is 0.300. The summed E-state index contributed by atoms with van der Waals surface area (Å²) < 4.78 is 17.0. The molecule has 0 N–H and O–H groups in total. The molecule has 0 aliphatic heterocycles. The zero-order chi connectivity index (χ0) is 20.4. The van der Waals surface area contributed by atoms with Gasteiger partial charge in [0.25, 0.3) is 0 Å². The molecule has 8 heteroatoms. The first-order valence-corrected chi connectivity index (χ1v) is 8.90. The Labute approximate surface area is 159 Å². The number of nitrogens with zero attached hydrogens (tertiary/aromatic N) is 1. The van der Waals surface area contributed by atoms with Gasteiger partial charge in [0.2, 0.25) is 5.76 Å². The SMILES string of the molecule is CCOC(=O)c1cc(=O)c2cc3c(=O)cc(C(=O)OCC)n(CC)c3cc2o1. The van der Waals surface area contributed by atoms with E-state index in [1.807, 2.05) is 6.92 Å². The molecule has 2 heterocycles. The van der Waals surface area contributed by atoms with Crippen LogP contribution in [0.1, 0.15) is 41.8 Å². The van der Waals surface area contributed by atoms with Crippen molar-refractivity contribution < 1.29 is 23.5 Å². The lowest BCUT2D eigenvalue weighted by Gasteiger charge is -2.14. The van der Waals surface area contributed by atoms with Crippen LogP contribution in [0.2, 0.25) is 0 Å². The molecule has 0 aliphatic carbocycles. The molecule has 28 heavy (non-hydrogen) atoms. The highest BCUT2D eigenvalue weighted by atomic mass is 16.5. The van der Waals surface area contributed by atoms with Gasteiger partial charge in [0, 0.05) is 30.1 Å². The van der Waals surface area contributed by atoms with Crippen molar-refractivity contribution in [3.8, 4) is 0 Å². The number of benzene rings is 1. The first-order chi connectivity index (χ1) is 13.4. The van der Waals surface area contributed by atoms with Crippen LogP contribution in [-0.4, -0.2) is 29.7 Å². The Morgan fingerprint density at radius 3 is 2.18 bits per heavy atom. The first kappa shape index (κ1) is 19.3. The summed E-state index contributed by atoms with van der Waals surface area (Å²) >= 11 is 0. The van der Waals surface area contributed by atoms with Gasteiger partial charge in [-0.25, -0.2) is 9.59 Å². The minimum absolute atomic E-state index is 0.102. The predicted molar refractivity (Wildman–Crippen MR) is 102 cm³/mol. The number of carbonyl (C=O) groups is 2. The van der Waals surface area contributed by atoms with Gasteiger partial charge in [0.05, 0.1) is 24.1 Å². The van der Waals surface area contributed by atoms with Gasteiger partial charge in [-0.05, 0) is 26.8 Å². The van der Waals surface area contributed by atoms with Crippen LogP contribution in [0.5, 0.6) is 0 Å². The summed E-state index contributed by atoms with van der Waals surface area (Å²) in [5.41, 5.74) is -0.271. The monoisotopic (exact) mass is 385 g/mol. The van der Waals surface area contributed by atoms with Crippen molar-refractivity contribution in [2.45, 2.75) is 27.3 Å². The van der Waals surface area contributed by atoms with E-state index in [-0.39, 0.29) is 41.0 Å². The number of pyridine rings is 1. The number of aromatic nitrogens is 1. The van der Waals surface area contributed by atoms with Gasteiger partial charge in [-0.2, -0.15) is 0 Å². The molecule has 0 atom stereocenters. The third-order valence-corrected chi connectivity index (χ3v) is 4.24. The maximum atomic E-state index is 12.6. The van der Waals surface area contributed by atoms with E-state index in [0.29, 0.717) is 12.1 Å². The number of carbonyl (C=O) groups excluding carboxylic acids is 2. The van der Waals surface area contributed by atoms with Crippen LogP contribution >= 0.6 is 0 Å². The molecule has 3 rings (SSSR count). The molecule has 0 aliphatic rings. The van der Waals surface area contributed by atoms with Gasteiger partial charge in [-0.3, -0.25) is 9.59 Å². The lowest BCUT2D eigenvalue weighted by Crippen LogP contribution is -2.20. The van der Waals surface area contributed by atoms with E-state index in [1.165, 1.54) is 18.2 Å². The zero-order valence-electron chi connectivity index (χ0n) is 15.7. The molecule has 0 amide bonds. The number of fused-ring (bicyclic) bond motifs is 2. The number of aryl methyl sites for hydroxylation is 1. The Hall–Kier alpha value is -3.42. The predicted octanol–water partition coefficient (Wildman–Crippen LogP) is 2.48. The molecule has 3 aromatic rings. The van der Waals surface area contributed by atoms with Crippen molar-refractivity contribution in [3.05, 3.63) is 56.2 Å². The van der Waals surface area contributed by atoms with Crippen LogP contribution in [0, 0.1) is 0 Å². The van der Waals surface area contributed by atoms with E-state index in [9.17, 15) is 19.2 Å². The average Bonchev–Trinajstić information content (AvgIpc) is 2.67. The van der Waals surface area contributed by atoms with Gasteiger partial charge in [0.1, 0.15) is 11.3 Å². The van der Waals surface area contributed by atoms with Crippen molar-refractivity contribution in [2.75, 3.05) is 13.2 Å². The lowest BCUT2D eigenvalue weighted by molar-refractivity contribution is 0.0487. The van der Waals surface area contributed by atoms with Crippen molar-refractivity contribution in [1.29, 1.82) is 0 Å². The molecule has 0 radical (unpaired) electrons. The number of hydrogen-bond acceptors (Lipinski definition) is 7. The maximum absolute atomic E-state index is 12.6. The van der Waals surface area contributed by atoms with Crippen LogP contribution < -0.4 is 10.9 Å². The van der Waals surface area contributed by atoms with Gasteiger partial charge in [0.15, 0.2) is 10.9 Å². The Bertz CT molecular complexity index is 1200. The van der Waals surface area contributed by atoms with Gasteiger partial charge >= 0.3 is 11.9 Å². The summed E-state index contributed by atoms with van der Waals surface area (Å²) in [7, 11) is 0. The van der Waals surface area contributed by atoms with E-state index < -0.39 is 22.8 Å². The summed E-state index contributed by atoms with van der Waals surface area (Å²) in [5.74, 6) is -1.61. The molecule has 8 nitrogen and oxygen atoms in total. The van der Waals surface area contributed by atoms with Crippen molar-refractivity contribution in [2.24, 2.45) is 0 Å². The molecule has 0 saturated heterocycles. The van der Waals surface area contributed by atoms with E-state index in [1.54, 1.807) is 18.4 Å². The first-order valence-electron chi connectivity index (χ1n) is 8.90. The summed E-state index contributed by atoms with van der Waals surface area (Å²) in [6, 6.07) is 5.12. The summed E-state index contributed by atoms with van der Waals surface area (Å²) in [4.78, 5) is 49.2. The van der Waals surface area contributed by atoms with Crippen LogP contribution in [0.15, 0.2) is 38.3 Å². The molecule has 0 spiro atoms.